The van der Waals surface area contributed by atoms with Gasteiger partial charge in [0.15, 0.2) is 0 Å². The Morgan fingerprint density at radius 2 is 2.00 bits per heavy atom. The maximum atomic E-state index is 12.8. The molecule has 27 heavy (non-hydrogen) atoms. The van der Waals surface area contributed by atoms with E-state index in [1.807, 2.05) is 12.1 Å². The molecule has 0 bridgehead atoms. The molecule has 2 aliphatic heterocycles. The van der Waals surface area contributed by atoms with Crippen molar-refractivity contribution in [3.05, 3.63) is 36.3 Å². The average Bonchev–Trinajstić information content (AvgIpc) is 3.26. The van der Waals surface area contributed by atoms with Gasteiger partial charge in [-0.15, -0.1) is 0 Å². The number of pyridine rings is 1. The molecular weight excluding hydrogens is 342 g/mol. The summed E-state index contributed by atoms with van der Waals surface area (Å²) in [6, 6.07) is 3.75. The number of aromatic nitrogens is 3. The number of hydrogen-bond donors (Lipinski definition) is 1. The molecule has 0 aromatic carbocycles. The number of hydrogen-bond acceptors (Lipinski definition) is 6. The first-order chi connectivity index (χ1) is 13.3. The molecule has 1 amide bonds. The second-order valence-electron chi connectivity index (χ2n) is 7.06. The van der Waals surface area contributed by atoms with Crippen LogP contribution in [0.1, 0.15) is 42.5 Å². The van der Waals surface area contributed by atoms with Gasteiger partial charge in [0.25, 0.3) is 5.91 Å². The first-order valence-electron chi connectivity index (χ1n) is 9.73. The van der Waals surface area contributed by atoms with Crippen molar-refractivity contribution in [1.29, 1.82) is 0 Å². The van der Waals surface area contributed by atoms with Crippen LogP contribution in [-0.2, 0) is 4.74 Å². The summed E-state index contributed by atoms with van der Waals surface area (Å²) in [7, 11) is 0. The Morgan fingerprint density at radius 3 is 2.74 bits per heavy atom. The summed E-state index contributed by atoms with van der Waals surface area (Å²) in [5.41, 5.74) is 2.01. The molecule has 7 heteroatoms. The third-order valence-electron chi connectivity index (χ3n) is 5.13. The number of carbonyl (C=O) groups excluding carboxylic acids is 1. The van der Waals surface area contributed by atoms with Gasteiger partial charge in [0.1, 0.15) is 0 Å². The van der Waals surface area contributed by atoms with E-state index in [1.165, 1.54) is 6.42 Å². The molecule has 0 aliphatic carbocycles. The standard InChI is InChI=1S/C20H25N5O2/c26-19(22-13-16-5-4-12-27-16)17-14-23-20(25-10-2-1-3-11-25)24-18(17)15-6-8-21-9-7-15/h6-9,14,16H,1-5,10-13H2,(H,22,26). The van der Waals surface area contributed by atoms with E-state index in [4.69, 9.17) is 9.72 Å². The van der Waals surface area contributed by atoms with Gasteiger partial charge in [-0.25, -0.2) is 9.97 Å². The summed E-state index contributed by atoms with van der Waals surface area (Å²) in [5, 5.41) is 2.98. The SMILES string of the molecule is O=C(NCC1CCCO1)c1cnc(N2CCCCC2)nc1-c1ccncc1. The van der Waals surface area contributed by atoms with E-state index in [0.29, 0.717) is 23.8 Å². The highest BCUT2D eigenvalue weighted by molar-refractivity contribution is 5.99. The lowest BCUT2D eigenvalue weighted by molar-refractivity contribution is 0.0857. The first kappa shape index (κ1) is 17.9. The number of nitrogens with zero attached hydrogens (tertiary/aromatic N) is 4. The minimum atomic E-state index is -0.164. The number of anilines is 1. The number of rotatable bonds is 5. The van der Waals surface area contributed by atoms with Crippen molar-refractivity contribution < 1.29 is 9.53 Å². The smallest absolute Gasteiger partial charge is 0.255 e. The summed E-state index contributed by atoms with van der Waals surface area (Å²) in [5.74, 6) is 0.527. The molecule has 2 saturated heterocycles. The van der Waals surface area contributed by atoms with Gasteiger partial charge < -0.3 is 15.0 Å². The molecule has 0 spiro atoms. The average molecular weight is 367 g/mol. The van der Waals surface area contributed by atoms with E-state index in [9.17, 15) is 4.79 Å². The molecule has 1 atom stereocenters. The van der Waals surface area contributed by atoms with Gasteiger partial charge in [-0.3, -0.25) is 9.78 Å². The number of piperidine rings is 1. The van der Waals surface area contributed by atoms with Crippen LogP contribution in [0.4, 0.5) is 5.95 Å². The molecule has 142 valence electrons. The quantitative estimate of drug-likeness (QED) is 0.874. The Bertz CT molecular complexity index is 771. The number of amides is 1. The zero-order valence-electron chi connectivity index (χ0n) is 15.4. The summed E-state index contributed by atoms with van der Waals surface area (Å²) in [6.07, 6.45) is 10.8. The molecule has 2 aliphatic rings. The fraction of sp³-hybridized carbons (Fsp3) is 0.500. The van der Waals surface area contributed by atoms with Gasteiger partial charge in [-0.05, 0) is 44.2 Å². The molecule has 0 saturated carbocycles. The summed E-state index contributed by atoms with van der Waals surface area (Å²) in [6.45, 7) is 3.21. The second-order valence-corrected chi connectivity index (χ2v) is 7.06. The van der Waals surface area contributed by atoms with E-state index in [-0.39, 0.29) is 12.0 Å². The topological polar surface area (TPSA) is 80.2 Å². The van der Waals surface area contributed by atoms with Crippen LogP contribution in [0.15, 0.2) is 30.7 Å². The lowest BCUT2D eigenvalue weighted by Gasteiger charge is -2.27. The highest BCUT2D eigenvalue weighted by atomic mass is 16.5. The van der Waals surface area contributed by atoms with E-state index in [0.717, 1.165) is 50.9 Å². The minimum absolute atomic E-state index is 0.104. The maximum absolute atomic E-state index is 12.8. The van der Waals surface area contributed by atoms with E-state index < -0.39 is 0 Å². The van der Waals surface area contributed by atoms with E-state index in [2.05, 4.69) is 20.2 Å². The maximum Gasteiger partial charge on any atom is 0.255 e. The number of carbonyl (C=O) groups is 1. The van der Waals surface area contributed by atoms with Crippen molar-refractivity contribution in [2.24, 2.45) is 0 Å². The van der Waals surface area contributed by atoms with Crippen molar-refractivity contribution in [1.82, 2.24) is 20.3 Å². The Balaban J connectivity index is 1.60. The van der Waals surface area contributed by atoms with Gasteiger partial charge in [0.2, 0.25) is 5.95 Å². The van der Waals surface area contributed by atoms with Crippen LogP contribution < -0.4 is 10.2 Å². The zero-order chi connectivity index (χ0) is 18.5. The van der Waals surface area contributed by atoms with Crippen LogP contribution in [-0.4, -0.2) is 53.2 Å². The van der Waals surface area contributed by atoms with Gasteiger partial charge in [-0.1, -0.05) is 0 Å². The van der Waals surface area contributed by atoms with Crippen LogP contribution in [0.25, 0.3) is 11.3 Å². The van der Waals surface area contributed by atoms with Crippen LogP contribution >= 0.6 is 0 Å². The van der Waals surface area contributed by atoms with E-state index in [1.54, 1.807) is 18.6 Å². The van der Waals surface area contributed by atoms with Crippen molar-refractivity contribution in [2.45, 2.75) is 38.2 Å². The van der Waals surface area contributed by atoms with Gasteiger partial charge in [-0.2, -0.15) is 0 Å². The van der Waals surface area contributed by atoms with Crippen LogP contribution in [0.5, 0.6) is 0 Å². The second kappa shape index (κ2) is 8.43. The van der Waals surface area contributed by atoms with Gasteiger partial charge in [0.05, 0.1) is 17.4 Å². The zero-order valence-corrected chi connectivity index (χ0v) is 15.4. The Labute approximate surface area is 159 Å². The van der Waals surface area contributed by atoms with E-state index >= 15 is 0 Å². The largest absolute Gasteiger partial charge is 0.376 e. The van der Waals surface area contributed by atoms with Crippen molar-refractivity contribution in [3.63, 3.8) is 0 Å². The Kier molecular flexibility index (Phi) is 5.58. The predicted molar refractivity (Wildman–Crippen MR) is 103 cm³/mol. The Hall–Kier alpha value is -2.54. The highest BCUT2D eigenvalue weighted by Crippen LogP contribution is 2.24. The molecule has 1 N–H and O–H groups in total. The first-order valence-corrected chi connectivity index (χ1v) is 9.73. The lowest BCUT2D eigenvalue weighted by atomic mass is 10.1. The third-order valence-corrected chi connectivity index (χ3v) is 5.13. The van der Waals surface area contributed by atoms with Crippen molar-refractivity contribution in [2.75, 3.05) is 31.1 Å². The summed E-state index contributed by atoms with van der Waals surface area (Å²) >= 11 is 0. The monoisotopic (exact) mass is 367 g/mol. The predicted octanol–water partition coefficient (Wildman–Crippen LogP) is 2.44. The third kappa shape index (κ3) is 4.24. The van der Waals surface area contributed by atoms with Crippen molar-refractivity contribution >= 4 is 11.9 Å². The molecule has 7 nitrogen and oxygen atoms in total. The summed E-state index contributed by atoms with van der Waals surface area (Å²) in [4.78, 5) is 28.3. The molecule has 2 aromatic heterocycles. The van der Waals surface area contributed by atoms with Crippen LogP contribution in [0, 0.1) is 0 Å². The van der Waals surface area contributed by atoms with Gasteiger partial charge >= 0.3 is 0 Å². The fourth-order valence-electron chi connectivity index (χ4n) is 3.62. The van der Waals surface area contributed by atoms with Gasteiger partial charge in [0, 0.05) is 50.4 Å². The molecule has 4 rings (SSSR count). The molecule has 4 heterocycles. The van der Waals surface area contributed by atoms with Crippen LogP contribution in [0.3, 0.4) is 0 Å². The number of ether oxygens (including phenoxy) is 1. The minimum Gasteiger partial charge on any atom is -0.376 e. The molecule has 2 aromatic rings. The normalized spacial score (nSPS) is 19.9. The number of nitrogens with one attached hydrogen (secondary N) is 1. The molecule has 2 fully saturated rings. The summed E-state index contributed by atoms with van der Waals surface area (Å²) < 4.78 is 5.59. The van der Waals surface area contributed by atoms with Crippen LogP contribution in [0.2, 0.25) is 0 Å². The molecule has 1 unspecified atom stereocenters. The molecular formula is C20H25N5O2. The lowest BCUT2D eigenvalue weighted by Crippen LogP contribution is -2.33. The van der Waals surface area contributed by atoms with Crippen molar-refractivity contribution in [3.8, 4) is 11.3 Å². The highest BCUT2D eigenvalue weighted by Gasteiger charge is 2.22. The Morgan fingerprint density at radius 1 is 1.19 bits per heavy atom. The fourth-order valence-corrected chi connectivity index (χ4v) is 3.62. The molecule has 0 radical (unpaired) electrons.